The minimum absolute atomic E-state index is 0.110. The van der Waals surface area contributed by atoms with Gasteiger partial charge in [-0.25, -0.2) is 0 Å². The van der Waals surface area contributed by atoms with Crippen molar-refractivity contribution >= 4 is 15.9 Å². The zero-order valence-electron chi connectivity index (χ0n) is 10.4. The Balaban J connectivity index is 2.50. The van der Waals surface area contributed by atoms with Crippen LogP contribution in [-0.4, -0.2) is 20.3 Å². The van der Waals surface area contributed by atoms with E-state index < -0.39 is 0 Å². The van der Waals surface area contributed by atoms with Gasteiger partial charge < -0.3 is 15.2 Å². The summed E-state index contributed by atoms with van der Waals surface area (Å²) in [6.45, 7) is 2.07. The van der Waals surface area contributed by atoms with Crippen LogP contribution in [-0.2, 0) is 5.41 Å². The molecule has 0 saturated heterocycles. The summed E-state index contributed by atoms with van der Waals surface area (Å²) < 4.78 is 11.6. The Morgan fingerprint density at radius 1 is 1.29 bits per heavy atom. The van der Waals surface area contributed by atoms with E-state index in [1.54, 1.807) is 14.2 Å². The molecule has 0 bridgehead atoms. The lowest BCUT2D eigenvalue weighted by Gasteiger charge is -2.23. The summed E-state index contributed by atoms with van der Waals surface area (Å²) in [5.41, 5.74) is 7.44. The van der Waals surface area contributed by atoms with Crippen molar-refractivity contribution < 1.29 is 9.47 Å². The lowest BCUT2D eigenvalue weighted by Crippen LogP contribution is -2.31. The van der Waals surface area contributed by atoms with E-state index in [1.807, 2.05) is 6.07 Å². The molecule has 4 heteroatoms. The number of nitrogens with two attached hydrogens (primary N) is 1. The van der Waals surface area contributed by atoms with Crippen LogP contribution in [0.1, 0.15) is 25.3 Å². The molecular formula is C13H18BrNO2. The first-order valence-electron chi connectivity index (χ1n) is 5.73. The van der Waals surface area contributed by atoms with Gasteiger partial charge in [0.05, 0.1) is 18.7 Å². The highest BCUT2D eigenvalue weighted by Crippen LogP contribution is 2.55. The number of methoxy groups -OCH3 is 2. The van der Waals surface area contributed by atoms with Crippen molar-refractivity contribution in [1.82, 2.24) is 0 Å². The van der Waals surface area contributed by atoms with Crippen molar-refractivity contribution in [2.75, 3.05) is 14.2 Å². The van der Waals surface area contributed by atoms with Crippen molar-refractivity contribution in [1.29, 1.82) is 0 Å². The number of hydrogen-bond donors (Lipinski definition) is 1. The molecular weight excluding hydrogens is 282 g/mol. The fraction of sp³-hybridized carbons (Fsp3) is 0.538. The standard InChI is InChI=1S/C13H18BrNO2/c1-8(15)13(6-7-13)9-4-5-10(16-2)12(17-3)11(9)14/h4-5,8H,6-7,15H2,1-3H3. The Bertz CT molecular complexity index is 428. The maximum atomic E-state index is 6.10. The summed E-state index contributed by atoms with van der Waals surface area (Å²) in [7, 11) is 3.29. The summed E-state index contributed by atoms with van der Waals surface area (Å²) in [4.78, 5) is 0. The minimum Gasteiger partial charge on any atom is -0.493 e. The monoisotopic (exact) mass is 299 g/mol. The highest BCUT2D eigenvalue weighted by Gasteiger charge is 2.49. The number of rotatable bonds is 4. The summed E-state index contributed by atoms with van der Waals surface area (Å²) >= 11 is 3.62. The smallest absolute Gasteiger partial charge is 0.175 e. The highest BCUT2D eigenvalue weighted by molar-refractivity contribution is 9.10. The first-order chi connectivity index (χ1) is 8.06. The second-order valence-electron chi connectivity index (χ2n) is 4.61. The van der Waals surface area contributed by atoms with E-state index in [-0.39, 0.29) is 11.5 Å². The quantitative estimate of drug-likeness (QED) is 0.930. The predicted octanol–water partition coefficient (Wildman–Crippen LogP) is 2.85. The minimum atomic E-state index is 0.110. The molecule has 3 nitrogen and oxygen atoms in total. The fourth-order valence-corrected chi connectivity index (χ4v) is 3.26. The van der Waals surface area contributed by atoms with Crippen molar-refractivity contribution in [3.05, 3.63) is 22.2 Å². The largest absolute Gasteiger partial charge is 0.493 e. The lowest BCUT2D eigenvalue weighted by atomic mass is 9.89. The molecule has 1 aromatic rings. The van der Waals surface area contributed by atoms with E-state index in [1.165, 1.54) is 5.56 Å². The van der Waals surface area contributed by atoms with Crippen LogP contribution in [0.15, 0.2) is 16.6 Å². The molecule has 1 unspecified atom stereocenters. The van der Waals surface area contributed by atoms with Crippen LogP contribution in [0.5, 0.6) is 11.5 Å². The molecule has 0 aliphatic heterocycles. The molecule has 2 N–H and O–H groups in total. The second-order valence-corrected chi connectivity index (χ2v) is 5.40. The van der Waals surface area contributed by atoms with Crippen LogP contribution in [0.25, 0.3) is 0 Å². The van der Waals surface area contributed by atoms with Crippen LogP contribution >= 0.6 is 15.9 Å². The van der Waals surface area contributed by atoms with Gasteiger partial charge in [0.2, 0.25) is 0 Å². The van der Waals surface area contributed by atoms with Gasteiger partial charge in [-0.1, -0.05) is 6.07 Å². The van der Waals surface area contributed by atoms with E-state index in [2.05, 4.69) is 28.9 Å². The number of benzene rings is 1. The molecule has 17 heavy (non-hydrogen) atoms. The Hall–Kier alpha value is -0.740. The van der Waals surface area contributed by atoms with E-state index in [0.717, 1.165) is 28.8 Å². The molecule has 0 spiro atoms. The molecule has 0 heterocycles. The molecule has 0 radical (unpaired) electrons. The van der Waals surface area contributed by atoms with Crippen LogP contribution < -0.4 is 15.2 Å². The van der Waals surface area contributed by atoms with Gasteiger partial charge >= 0.3 is 0 Å². The zero-order valence-corrected chi connectivity index (χ0v) is 12.0. The van der Waals surface area contributed by atoms with Gasteiger partial charge in [0, 0.05) is 11.5 Å². The van der Waals surface area contributed by atoms with Gasteiger partial charge in [0.15, 0.2) is 11.5 Å². The number of ether oxygens (including phenoxy) is 2. The summed E-state index contributed by atoms with van der Waals surface area (Å²) in [6, 6.07) is 4.18. The molecule has 1 saturated carbocycles. The predicted molar refractivity (Wildman–Crippen MR) is 71.8 cm³/mol. The summed E-state index contributed by atoms with van der Waals surface area (Å²) in [5, 5.41) is 0. The van der Waals surface area contributed by atoms with E-state index in [9.17, 15) is 0 Å². The first kappa shape index (κ1) is 12.7. The molecule has 1 aliphatic rings. The maximum absolute atomic E-state index is 6.10. The third-order valence-corrected chi connectivity index (χ3v) is 4.47. The first-order valence-corrected chi connectivity index (χ1v) is 6.52. The van der Waals surface area contributed by atoms with Crippen LogP contribution in [0.3, 0.4) is 0 Å². The van der Waals surface area contributed by atoms with Crippen molar-refractivity contribution in [3.63, 3.8) is 0 Å². The molecule has 1 atom stereocenters. The molecule has 1 fully saturated rings. The van der Waals surface area contributed by atoms with E-state index in [0.29, 0.717) is 0 Å². The van der Waals surface area contributed by atoms with Crippen LogP contribution in [0, 0.1) is 0 Å². The van der Waals surface area contributed by atoms with E-state index >= 15 is 0 Å². The average molecular weight is 300 g/mol. The SMILES string of the molecule is COc1ccc(C2(C(C)N)CC2)c(Br)c1OC. The van der Waals surface area contributed by atoms with E-state index in [4.69, 9.17) is 15.2 Å². The third-order valence-electron chi connectivity index (χ3n) is 3.68. The van der Waals surface area contributed by atoms with Crippen molar-refractivity contribution in [2.45, 2.75) is 31.2 Å². The van der Waals surface area contributed by atoms with Gasteiger partial charge in [0.25, 0.3) is 0 Å². The summed E-state index contributed by atoms with van der Waals surface area (Å²) in [6.07, 6.45) is 2.28. The Morgan fingerprint density at radius 2 is 1.94 bits per heavy atom. The maximum Gasteiger partial charge on any atom is 0.175 e. The number of halogens is 1. The molecule has 1 aliphatic carbocycles. The Labute approximate surface area is 110 Å². The van der Waals surface area contributed by atoms with Gasteiger partial charge in [-0.05, 0) is 47.3 Å². The van der Waals surface area contributed by atoms with Gasteiger partial charge in [-0.3, -0.25) is 0 Å². The third kappa shape index (κ3) is 1.93. The van der Waals surface area contributed by atoms with Crippen molar-refractivity contribution in [2.24, 2.45) is 5.73 Å². The normalized spacial score (nSPS) is 18.6. The topological polar surface area (TPSA) is 44.5 Å². The number of hydrogen-bond acceptors (Lipinski definition) is 3. The van der Waals surface area contributed by atoms with Gasteiger partial charge in [-0.15, -0.1) is 0 Å². The molecule has 94 valence electrons. The average Bonchev–Trinajstić information content (AvgIpc) is 3.09. The van der Waals surface area contributed by atoms with Crippen molar-refractivity contribution in [3.8, 4) is 11.5 Å². The fourth-order valence-electron chi connectivity index (χ4n) is 2.38. The van der Waals surface area contributed by atoms with Crippen LogP contribution in [0.2, 0.25) is 0 Å². The molecule has 1 aromatic carbocycles. The highest BCUT2D eigenvalue weighted by atomic mass is 79.9. The molecule has 2 rings (SSSR count). The molecule has 0 amide bonds. The zero-order chi connectivity index (χ0) is 12.6. The van der Waals surface area contributed by atoms with Gasteiger partial charge in [0.1, 0.15) is 0 Å². The second kappa shape index (κ2) is 4.50. The van der Waals surface area contributed by atoms with Crippen LogP contribution in [0.4, 0.5) is 0 Å². The Kier molecular flexibility index (Phi) is 3.36. The summed E-state index contributed by atoms with van der Waals surface area (Å²) in [5.74, 6) is 1.49. The van der Waals surface area contributed by atoms with Gasteiger partial charge in [-0.2, -0.15) is 0 Å². The lowest BCUT2D eigenvalue weighted by molar-refractivity contribution is 0.351. The Morgan fingerprint density at radius 3 is 2.35 bits per heavy atom. The molecule has 0 aromatic heterocycles.